The number of hydrogen-bond donors (Lipinski definition) is 2. The molecule has 94 valence electrons. The van der Waals surface area contributed by atoms with Crippen molar-refractivity contribution in [3.63, 3.8) is 0 Å². The van der Waals surface area contributed by atoms with E-state index in [2.05, 4.69) is 15.3 Å². The minimum atomic E-state index is 0.668. The molecule has 3 N–H and O–H groups in total. The van der Waals surface area contributed by atoms with Crippen LogP contribution in [0.4, 0.5) is 5.69 Å². The molecule has 5 heteroatoms. The van der Waals surface area contributed by atoms with Crippen LogP contribution in [-0.2, 0) is 0 Å². The molecular formula is C13H15ClN4. The van der Waals surface area contributed by atoms with Gasteiger partial charge in [0.15, 0.2) is 5.82 Å². The summed E-state index contributed by atoms with van der Waals surface area (Å²) >= 11 is 5.93. The van der Waals surface area contributed by atoms with Crippen molar-refractivity contribution < 1.29 is 0 Å². The van der Waals surface area contributed by atoms with Crippen LogP contribution in [0, 0.1) is 0 Å². The average Bonchev–Trinajstić information content (AvgIpc) is 2.40. The number of anilines is 1. The third kappa shape index (κ3) is 3.42. The Bertz CT molecular complexity index is 499. The van der Waals surface area contributed by atoms with Crippen LogP contribution in [0.25, 0.3) is 11.4 Å². The zero-order valence-corrected chi connectivity index (χ0v) is 10.7. The highest BCUT2D eigenvalue weighted by Crippen LogP contribution is 2.19. The first kappa shape index (κ1) is 12.8. The smallest absolute Gasteiger partial charge is 0.159 e. The number of hydrogen-bond acceptors (Lipinski definition) is 4. The highest BCUT2D eigenvalue weighted by atomic mass is 35.5. The average molecular weight is 263 g/mol. The van der Waals surface area contributed by atoms with Crippen LogP contribution in [0.5, 0.6) is 0 Å². The molecular weight excluding hydrogens is 248 g/mol. The molecule has 4 nitrogen and oxygen atoms in total. The molecule has 0 radical (unpaired) electrons. The fraction of sp³-hybridized carbons (Fsp3) is 0.231. The van der Waals surface area contributed by atoms with Gasteiger partial charge in [0.05, 0.1) is 18.1 Å². The maximum Gasteiger partial charge on any atom is 0.159 e. The summed E-state index contributed by atoms with van der Waals surface area (Å²) in [5.74, 6) is 0.668. The van der Waals surface area contributed by atoms with Gasteiger partial charge in [0.1, 0.15) is 0 Å². The standard InChI is InChI=1S/C13H15ClN4/c14-11-4-1-3-10(7-11)13-17-8-12(9-18-13)16-6-2-5-15/h1,3-4,7-9,16H,2,5-6,15H2. The number of nitrogens with zero attached hydrogens (tertiary/aromatic N) is 2. The van der Waals surface area contributed by atoms with Crippen molar-refractivity contribution in [3.8, 4) is 11.4 Å². The van der Waals surface area contributed by atoms with Gasteiger partial charge in [-0.15, -0.1) is 0 Å². The maximum atomic E-state index is 5.93. The van der Waals surface area contributed by atoms with Crippen molar-refractivity contribution >= 4 is 17.3 Å². The van der Waals surface area contributed by atoms with Gasteiger partial charge in [-0.05, 0) is 25.1 Å². The van der Waals surface area contributed by atoms with Crippen LogP contribution in [0.3, 0.4) is 0 Å². The largest absolute Gasteiger partial charge is 0.383 e. The van der Waals surface area contributed by atoms with Crippen LogP contribution < -0.4 is 11.1 Å². The molecule has 0 saturated carbocycles. The summed E-state index contributed by atoms with van der Waals surface area (Å²) in [5.41, 5.74) is 7.23. The summed E-state index contributed by atoms with van der Waals surface area (Å²) < 4.78 is 0. The molecule has 0 spiro atoms. The van der Waals surface area contributed by atoms with Crippen LogP contribution in [0.1, 0.15) is 6.42 Å². The van der Waals surface area contributed by atoms with Crippen molar-refractivity contribution in [2.24, 2.45) is 5.73 Å². The Morgan fingerprint density at radius 2 is 2.00 bits per heavy atom. The fourth-order valence-corrected chi connectivity index (χ4v) is 1.72. The van der Waals surface area contributed by atoms with E-state index < -0.39 is 0 Å². The molecule has 2 rings (SSSR count). The lowest BCUT2D eigenvalue weighted by molar-refractivity contribution is 0.872. The summed E-state index contributed by atoms with van der Waals surface area (Å²) in [4.78, 5) is 8.61. The van der Waals surface area contributed by atoms with Crippen LogP contribution >= 0.6 is 11.6 Å². The first-order chi connectivity index (χ1) is 8.79. The number of aromatic nitrogens is 2. The molecule has 0 aliphatic heterocycles. The Kier molecular flexibility index (Phi) is 4.50. The van der Waals surface area contributed by atoms with Crippen molar-refractivity contribution in [2.45, 2.75) is 6.42 Å². The van der Waals surface area contributed by atoms with Gasteiger partial charge >= 0.3 is 0 Å². The van der Waals surface area contributed by atoms with Crippen LogP contribution in [-0.4, -0.2) is 23.1 Å². The summed E-state index contributed by atoms with van der Waals surface area (Å²) in [6, 6.07) is 7.49. The van der Waals surface area contributed by atoms with Crippen molar-refractivity contribution in [1.82, 2.24) is 9.97 Å². The third-order valence-corrected chi connectivity index (χ3v) is 2.68. The van der Waals surface area contributed by atoms with E-state index in [0.29, 0.717) is 17.4 Å². The predicted octanol–water partition coefficient (Wildman–Crippen LogP) is 2.56. The summed E-state index contributed by atoms with van der Waals surface area (Å²) in [6.07, 6.45) is 4.45. The molecule has 0 fully saturated rings. The molecule has 0 aliphatic carbocycles. The topological polar surface area (TPSA) is 63.8 Å². The summed E-state index contributed by atoms with van der Waals surface area (Å²) in [6.45, 7) is 1.50. The lowest BCUT2D eigenvalue weighted by atomic mass is 10.2. The molecule has 2 aromatic rings. The number of nitrogens with two attached hydrogens (primary N) is 1. The van der Waals surface area contributed by atoms with Gasteiger partial charge in [-0.25, -0.2) is 9.97 Å². The maximum absolute atomic E-state index is 5.93. The van der Waals surface area contributed by atoms with Gasteiger partial charge in [-0.3, -0.25) is 0 Å². The van der Waals surface area contributed by atoms with Gasteiger partial charge in [-0.2, -0.15) is 0 Å². The second-order valence-electron chi connectivity index (χ2n) is 3.87. The van der Waals surface area contributed by atoms with Crippen LogP contribution in [0.2, 0.25) is 5.02 Å². The SMILES string of the molecule is NCCCNc1cnc(-c2cccc(Cl)c2)nc1. The van der Waals surface area contributed by atoms with E-state index in [4.69, 9.17) is 17.3 Å². The monoisotopic (exact) mass is 262 g/mol. The van der Waals surface area contributed by atoms with E-state index in [1.54, 1.807) is 12.4 Å². The number of nitrogens with one attached hydrogen (secondary N) is 1. The predicted molar refractivity (Wildman–Crippen MR) is 74.6 cm³/mol. The van der Waals surface area contributed by atoms with E-state index in [-0.39, 0.29) is 0 Å². The normalized spacial score (nSPS) is 10.3. The van der Waals surface area contributed by atoms with Crippen molar-refractivity contribution in [3.05, 3.63) is 41.7 Å². The molecule has 0 amide bonds. The van der Waals surface area contributed by atoms with Crippen molar-refractivity contribution in [1.29, 1.82) is 0 Å². The highest BCUT2D eigenvalue weighted by Gasteiger charge is 2.01. The Morgan fingerprint density at radius 1 is 1.22 bits per heavy atom. The minimum Gasteiger partial charge on any atom is -0.383 e. The van der Waals surface area contributed by atoms with Gasteiger partial charge in [-0.1, -0.05) is 23.7 Å². The minimum absolute atomic E-state index is 0.668. The molecule has 0 saturated heterocycles. The Hall–Kier alpha value is -1.65. The van der Waals surface area contributed by atoms with Gasteiger partial charge < -0.3 is 11.1 Å². The zero-order valence-electron chi connectivity index (χ0n) is 9.94. The number of benzene rings is 1. The quantitative estimate of drug-likeness (QED) is 0.813. The van der Waals surface area contributed by atoms with Crippen molar-refractivity contribution in [2.75, 3.05) is 18.4 Å². The summed E-state index contributed by atoms with van der Waals surface area (Å²) in [5, 5.41) is 3.89. The molecule has 0 aliphatic rings. The lowest BCUT2D eigenvalue weighted by Gasteiger charge is -2.05. The molecule has 0 atom stereocenters. The van der Waals surface area contributed by atoms with E-state index in [1.165, 1.54) is 0 Å². The number of halogens is 1. The van der Waals surface area contributed by atoms with Gasteiger partial charge in [0.2, 0.25) is 0 Å². The first-order valence-electron chi connectivity index (χ1n) is 5.81. The Morgan fingerprint density at radius 3 is 2.67 bits per heavy atom. The zero-order chi connectivity index (χ0) is 12.8. The molecule has 0 unspecified atom stereocenters. The molecule has 1 aromatic heterocycles. The van der Waals surface area contributed by atoms with Gasteiger partial charge in [0.25, 0.3) is 0 Å². The summed E-state index contributed by atoms with van der Waals surface area (Å²) in [7, 11) is 0. The third-order valence-electron chi connectivity index (χ3n) is 2.44. The van der Waals surface area contributed by atoms with E-state index in [0.717, 1.165) is 24.2 Å². The first-order valence-corrected chi connectivity index (χ1v) is 6.19. The highest BCUT2D eigenvalue weighted by molar-refractivity contribution is 6.30. The Labute approximate surface area is 111 Å². The van der Waals surface area contributed by atoms with E-state index >= 15 is 0 Å². The van der Waals surface area contributed by atoms with E-state index in [1.807, 2.05) is 24.3 Å². The van der Waals surface area contributed by atoms with Gasteiger partial charge in [0, 0.05) is 17.1 Å². The lowest BCUT2D eigenvalue weighted by Crippen LogP contribution is -2.08. The number of rotatable bonds is 5. The van der Waals surface area contributed by atoms with E-state index in [9.17, 15) is 0 Å². The van der Waals surface area contributed by atoms with Crippen LogP contribution in [0.15, 0.2) is 36.7 Å². The molecule has 18 heavy (non-hydrogen) atoms. The second kappa shape index (κ2) is 6.33. The fourth-order valence-electron chi connectivity index (χ4n) is 1.53. The Balaban J connectivity index is 2.07. The molecule has 0 bridgehead atoms. The molecule has 1 aromatic carbocycles. The molecule has 1 heterocycles. The second-order valence-corrected chi connectivity index (χ2v) is 4.31.